The first-order valence-electron chi connectivity index (χ1n) is 8.41. The van der Waals surface area contributed by atoms with Crippen molar-refractivity contribution >= 4 is 15.9 Å². The monoisotopic (exact) mass is 353 g/mol. The second kappa shape index (κ2) is 8.60. The van der Waals surface area contributed by atoms with E-state index in [1.807, 2.05) is 35.2 Å². The minimum Gasteiger partial charge on any atom is -0.340 e. The number of hydrogen-bond acceptors (Lipinski definition) is 4. The Bertz CT molecular complexity index is 634. The van der Waals surface area contributed by atoms with Crippen LogP contribution in [0.1, 0.15) is 43.7 Å². The average Bonchev–Trinajstić information content (AvgIpc) is 2.55. The van der Waals surface area contributed by atoms with E-state index in [9.17, 15) is 13.2 Å². The topological polar surface area (TPSA) is 92.5 Å². The van der Waals surface area contributed by atoms with E-state index in [-0.39, 0.29) is 24.4 Å². The zero-order valence-corrected chi connectivity index (χ0v) is 15.0. The molecule has 0 aliphatic carbocycles. The molecule has 0 saturated carbocycles. The number of nitrogens with two attached hydrogens (primary N) is 1. The van der Waals surface area contributed by atoms with Crippen LogP contribution in [0, 0.1) is 0 Å². The number of piperidine rings is 1. The minimum atomic E-state index is -3.19. The van der Waals surface area contributed by atoms with Gasteiger partial charge in [-0.3, -0.25) is 4.79 Å². The van der Waals surface area contributed by atoms with Gasteiger partial charge >= 0.3 is 0 Å². The molecule has 2 unspecified atom stereocenters. The SMILES string of the molecule is CS(=O)(=O)NCCC1CCCCN1C(=O)CC(N)c1ccccc1. The molecule has 2 rings (SSSR count). The summed E-state index contributed by atoms with van der Waals surface area (Å²) < 4.78 is 24.9. The van der Waals surface area contributed by atoms with Crippen molar-refractivity contribution < 1.29 is 13.2 Å². The Balaban J connectivity index is 1.92. The molecule has 1 aliphatic heterocycles. The highest BCUT2D eigenvalue weighted by atomic mass is 32.2. The summed E-state index contributed by atoms with van der Waals surface area (Å²) >= 11 is 0. The summed E-state index contributed by atoms with van der Waals surface area (Å²) in [5.74, 6) is 0.0513. The third-order valence-electron chi connectivity index (χ3n) is 4.41. The highest BCUT2D eigenvalue weighted by Gasteiger charge is 2.27. The molecule has 6 nitrogen and oxygen atoms in total. The maximum Gasteiger partial charge on any atom is 0.224 e. The molecule has 0 aromatic heterocycles. The standard InChI is InChI=1S/C17H27N3O3S/c1-24(22,23)19-11-10-15-9-5-6-12-20(15)17(21)13-16(18)14-7-3-2-4-8-14/h2-4,7-8,15-16,19H,5-6,9-13,18H2,1H3. The number of nitrogens with zero attached hydrogens (tertiary/aromatic N) is 1. The summed E-state index contributed by atoms with van der Waals surface area (Å²) in [5, 5.41) is 0. The molecule has 24 heavy (non-hydrogen) atoms. The third-order valence-corrected chi connectivity index (χ3v) is 5.14. The Morgan fingerprint density at radius 1 is 1.33 bits per heavy atom. The Labute approximate surface area is 144 Å². The molecular formula is C17H27N3O3S. The van der Waals surface area contributed by atoms with Gasteiger partial charge in [-0.25, -0.2) is 13.1 Å². The first-order valence-corrected chi connectivity index (χ1v) is 10.3. The summed E-state index contributed by atoms with van der Waals surface area (Å²) in [6.07, 6.45) is 5.03. The van der Waals surface area contributed by atoms with Gasteiger partial charge in [-0.05, 0) is 31.2 Å². The number of carbonyl (C=O) groups excluding carboxylic acids is 1. The molecule has 1 fully saturated rings. The Morgan fingerprint density at radius 3 is 2.71 bits per heavy atom. The smallest absolute Gasteiger partial charge is 0.224 e. The third kappa shape index (κ3) is 5.89. The normalized spacial score (nSPS) is 19.9. The van der Waals surface area contributed by atoms with Gasteiger partial charge in [-0.2, -0.15) is 0 Å². The van der Waals surface area contributed by atoms with E-state index in [2.05, 4.69) is 4.72 Å². The first-order chi connectivity index (χ1) is 11.4. The van der Waals surface area contributed by atoms with E-state index in [4.69, 9.17) is 5.73 Å². The quantitative estimate of drug-likeness (QED) is 0.775. The fraction of sp³-hybridized carbons (Fsp3) is 0.588. The van der Waals surface area contributed by atoms with Crippen molar-refractivity contribution in [2.75, 3.05) is 19.3 Å². The van der Waals surface area contributed by atoms with Gasteiger partial charge < -0.3 is 10.6 Å². The van der Waals surface area contributed by atoms with Gasteiger partial charge in [-0.15, -0.1) is 0 Å². The van der Waals surface area contributed by atoms with Crippen LogP contribution in [0.15, 0.2) is 30.3 Å². The van der Waals surface area contributed by atoms with Crippen molar-refractivity contribution in [2.24, 2.45) is 5.73 Å². The highest BCUT2D eigenvalue weighted by Crippen LogP contribution is 2.23. The maximum atomic E-state index is 12.7. The van der Waals surface area contributed by atoms with Crippen LogP contribution in [0.5, 0.6) is 0 Å². The van der Waals surface area contributed by atoms with Gasteiger partial charge in [0.1, 0.15) is 0 Å². The van der Waals surface area contributed by atoms with E-state index in [0.717, 1.165) is 37.6 Å². The van der Waals surface area contributed by atoms with Crippen molar-refractivity contribution in [3.8, 4) is 0 Å². The average molecular weight is 353 g/mol. The molecule has 1 aromatic rings. The van der Waals surface area contributed by atoms with E-state index in [0.29, 0.717) is 13.0 Å². The van der Waals surface area contributed by atoms with Crippen molar-refractivity contribution in [3.63, 3.8) is 0 Å². The molecule has 7 heteroatoms. The van der Waals surface area contributed by atoms with E-state index >= 15 is 0 Å². The molecule has 0 radical (unpaired) electrons. The summed E-state index contributed by atoms with van der Waals surface area (Å²) in [4.78, 5) is 14.5. The lowest BCUT2D eigenvalue weighted by molar-refractivity contribution is -0.135. The molecule has 3 N–H and O–H groups in total. The zero-order chi connectivity index (χ0) is 17.6. The molecule has 134 valence electrons. The van der Waals surface area contributed by atoms with E-state index < -0.39 is 10.0 Å². The summed E-state index contributed by atoms with van der Waals surface area (Å²) in [7, 11) is -3.19. The molecule has 2 atom stereocenters. The van der Waals surface area contributed by atoms with Gasteiger partial charge in [0.15, 0.2) is 0 Å². The second-order valence-corrected chi connectivity index (χ2v) is 8.25. The number of carbonyl (C=O) groups is 1. The number of benzene rings is 1. The number of rotatable bonds is 7. The molecule has 0 spiro atoms. The van der Waals surface area contributed by atoms with Crippen LogP contribution in [0.25, 0.3) is 0 Å². The predicted molar refractivity (Wildman–Crippen MR) is 94.8 cm³/mol. The highest BCUT2D eigenvalue weighted by molar-refractivity contribution is 7.88. The number of hydrogen-bond donors (Lipinski definition) is 2. The van der Waals surface area contributed by atoms with Crippen LogP contribution in [0.4, 0.5) is 0 Å². The first kappa shape index (κ1) is 18.9. The summed E-state index contributed by atoms with van der Waals surface area (Å²) in [6.45, 7) is 1.09. The second-order valence-electron chi connectivity index (χ2n) is 6.41. The Hall–Kier alpha value is -1.44. The zero-order valence-electron chi connectivity index (χ0n) is 14.1. The molecule has 1 amide bonds. The number of nitrogens with one attached hydrogen (secondary N) is 1. The van der Waals surface area contributed by atoms with Crippen molar-refractivity contribution in [2.45, 2.75) is 44.2 Å². The van der Waals surface area contributed by atoms with Crippen LogP contribution in [0.2, 0.25) is 0 Å². The lowest BCUT2D eigenvalue weighted by Crippen LogP contribution is -2.46. The lowest BCUT2D eigenvalue weighted by atomic mass is 9.97. The van der Waals surface area contributed by atoms with Crippen molar-refractivity contribution in [1.29, 1.82) is 0 Å². The Kier molecular flexibility index (Phi) is 6.77. The summed E-state index contributed by atoms with van der Waals surface area (Å²) in [5.41, 5.74) is 7.12. The number of likely N-dealkylation sites (tertiary alicyclic amines) is 1. The van der Waals surface area contributed by atoms with Gasteiger partial charge in [-0.1, -0.05) is 30.3 Å². The molecular weight excluding hydrogens is 326 g/mol. The molecule has 1 aliphatic rings. The molecule has 1 aromatic carbocycles. The molecule has 0 bridgehead atoms. The van der Waals surface area contributed by atoms with Crippen LogP contribution in [-0.2, 0) is 14.8 Å². The maximum absolute atomic E-state index is 12.7. The Morgan fingerprint density at radius 2 is 2.04 bits per heavy atom. The molecule has 1 heterocycles. The van der Waals surface area contributed by atoms with Crippen LogP contribution >= 0.6 is 0 Å². The van der Waals surface area contributed by atoms with Gasteiger partial charge in [0.2, 0.25) is 15.9 Å². The fourth-order valence-electron chi connectivity index (χ4n) is 3.16. The van der Waals surface area contributed by atoms with Crippen LogP contribution in [0.3, 0.4) is 0 Å². The van der Waals surface area contributed by atoms with Gasteiger partial charge in [0.25, 0.3) is 0 Å². The number of amides is 1. The van der Waals surface area contributed by atoms with Gasteiger partial charge in [0.05, 0.1) is 6.26 Å². The molecule has 1 saturated heterocycles. The van der Waals surface area contributed by atoms with Gasteiger partial charge in [0, 0.05) is 31.6 Å². The number of sulfonamides is 1. The van der Waals surface area contributed by atoms with Crippen molar-refractivity contribution in [1.82, 2.24) is 9.62 Å². The van der Waals surface area contributed by atoms with Crippen LogP contribution in [-0.4, -0.2) is 44.6 Å². The lowest BCUT2D eigenvalue weighted by Gasteiger charge is -2.36. The van der Waals surface area contributed by atoms with Crippen LogP contribution < -0.4 is 10.5 Å². The predicted octanol–water partition coefficient (Wildman–Crippen LogP) is 1.40. The fourth-order valence-corrected chi connectivity index (χ4v) is 3.65. The largest absolute Gasteiger partial charge is 0.340 e. The van der Waals surface area contributed by atoms with E-state index in [1.54, 1.807) is 0 Å². The minimum absolute atomic E-state index is 0.0513. The van der Waals surface area contributed by atoms with E-state index in [1.165, 1.54) is 0 Å². The summed E-state index contributed by atoms with van der Waals surface area (Å²) in [6, 6.07) is 9.40. The van der Waals surface area contributed by atoms with Crippen molar-refractivity contribution in [3.05, 3.63) is 35.9 Å².